The molecule has 98 valence electrons. The zero-order chi connectivity index (χ0) is 13.7. The molecule has 1 aromatic heterocycles. The number of aromatic nitrogens is 2. The minimum absolute atomic E-state index is 0.151. The van der Waals surface area contributed by atoms with E-state index in [4.69, 9.17) is 12.2 Å². The Morgan fingerprint density at radius 3 is 2.67 bits per heavy atom. The largest absolute Gasteiger partial charge is 0.395 e. The van der Waals surface area contributed by atoms with Crippen molar-refractivity contribution < 1.29 is 4.79 Å². The number of amides is 1. The lowest BCUT2D eigenvalue weighted by atomic mass is 10.2. The van der Waals surface area contributed by atoms with E-state index in [2.05, 4.69) is 11.0 Å². The Hall–Kier alpha value is -1.96. The second-order valence-electron chi connectivity index (χ2n) is 4.12. The first-order chi connectivity index (χ1) is 8.56. The normalized spacial score (nSPS) is 10.1. The number of nitrogens with zero attached hydrogens (tertiary/aromatic N) is 3. The second-order valence-corrected chi connectivity index (χ2v) is 4.12. The number of anilines is 1. The van der Waals surface area contributed by atoms with Gasteiger partial charge in [-0.25, -0.2) is 0 Å². The van der Waals surface area contributed by atoms with Crippen molar-refractivity contribution in [3.63, 3.8) is 0 Å². The average molecular weight is 248 g/mol. The molecule has 0 bridgehead atoms. The standard InChI is InChI=1S/C13H20N4O/c1-5-8-17(9-6-2)13(18)12-11(14)10(7-3)15-16(12)4/h1H,6-9,14H2,2-4H3. The number of carbonyl (C=O) groups is 1. The van der Waals surface area contributed by atoms with E-state index >= 15 is 0 Å². The number of rotatable bonds is 5. The number of hydrogen-bond donors (Lipinski definition) is 1. The Morgan fingerprint density at radius 1 is 1.56 bits per heavy atom. The maximum Gasteiger partial charge on any atom is 0.275 e. The molecule has 1 aromatic rings. The molecule has 0 unspecified atom stereocenters. The zero-order valence-corrected chi connectivity index (χ0v) is 11.2. The Labute approximate surface area is 108 Å². The molecule has 1 amide bonds. The molecule has 0 atom stereocenters. The SMILES string of the molecule is C#CCN(CCC)C(=O)c1c(N)c(CC)nn1C. The summed E-state index contributed by atoms with van der Waals surface area (Å²) < 4.78 is 1.54. The molecule has 0 aliphatic rings. The summed E-state index contributed by atoms with van der Waals surface area (Å²) in [4.78, 5) is 14.0. The van der Waals surface area contributed by atoms with Crippen LogP contribution in [0.3, 0.4) is 0 Å². The molecule has 1 rings (SSSR count). The van der Waals surface area contributed by atoms with Crippen molar-refractivity contribution in [1.29, 1.82) is 0 Å². The lowest BCUT2D eigenvalue weighted by Gasteiger charge is -2.19. The van der Waals surface area contributed by atoms with Crippen molar-refractivity contribution in [3.8, 4) is 12.3 Å². The number of nitrogen functional groups attached to an aromatic ring is 1. The Morgan fingerprint density at radius 2 is 2.22 bits per heavy atom. The van der Waals surface area contributed by atoms with Crippen LogP contribution < -0.4 is 5.73 Å². The van der Waals surface area contributed by atoms with E-state index in [1.165, 1.54) is 4.68 Å². The summed E-state index contributed by atoms with van der Waals surface area (Å²) in [5.41, 5.74) is 7.60. The van der Waals surface area contributed by atoms with E-state index < -0.39 is 0 Å². The fourth-order valence-electron chi connectivity index (χ4n) is 1.89. The van der Waals surface area contributed by atoms with E-state index in [0.29, 0.717) is 30.9 Å². The van der Waals surface area contributed by atoms with Gasteiger partial charge in [-0.2, -0.15) is 5.10 Å². The molecule has 0 aliphatic carbocycles. The van der Waals surface area contributed by atoms with Gasteiger partial charge in [0.05, 0.1) is 17.9 Å². The fourth-order valence-corrected chi connectivity index (χ4v) is 1.89. The lowest BCUT2D eigenvalue weighted by molar-refractivity contribution is 0.0767. The van der Waals surface area contributed by atoms with Gasteiger partial charge in [0.2, 0.25) is 0 Å². The molecule has 0 fully saturated rings. The summed E-state index contributed by atoms with van der Waals surface area (Å²) in [6, 6.07) is 0. The van der Waals surface area contributed by atoms with Gasteiger partial charge in [0.25, 0.3) is 5.91 Å². The molecule has 0 saturated carbocycles. The monoisotopic (exact) mass is 248 g/mol. The van der Waals surface area contributed by atoms with Crippen LogP contribution in [-0.4, -0.2) is 33.7 Å². The lowest BCUT2D eigenvalue weighted by Crippen LogP contribution is -2.34. The van der Waals surface area contributed by atoms with Crippen LogP contribution in [0.2, 0.25) is 0 Å². The van der Waals surface area contributed by atoms with E-state index in [-0.39, 0.29) is 5.91 Å². The van der Waals surface area contributed by atoms with E-state index in [1.807, 2.05) is 13.8 Å². The maximum atomic E-state index is 12.4. The van der Waals surface area contributed by atoms with Crippen LogP contribution in [0.15, 0.2) is 0 Å². The summed E-state index contributed by atoms with van der Waals surface area (Å²) in [5, 5.41) is 4.24. The van der Waals surface area contributed by atoms with Crippen LogP contribution in [0.25, 0.3) is 0 Å². The first kappa shape index (κ1) is 14.1. The number of nitrogens with two attached hydrogens (primary N) is 1. The molecule has 0 aromatic carbocycles. The minimum atomic E-state index is -0.151. The zero-order valence-electron chi connectivity index (χ0n) is 11.2. The van der Waals surface area contributed by atoms with Gasteiger partial charge in [-0.1, -0.05) is 19.8 Å². The topological polar surface area (TPSA) is 64.2 Å². The van der Waals surface area contributed by atoms with Crippen molar-refractivity contribution in [2.45, 2.75) is 26.7 Å². The van der Waals surface area contributed by atoms with Gasteiger partial charge in [-0.3, -0.25) is 9.48 Å². The van der Waals surface area contributed by atoms with Crippen molar-refractivity contribution in [1.82, 2.24) is 14.7 Å². The first-order valence-electron chi connectivity index (χ1n) is 6.10. The highest BCUT2D eigenvalue weighted by molar-refractivity contribution is 5.98. The third kappa shape index (κ3) is 2.65. The number of terminal acetylenes is 1. The van der Waals surface area contributed by atoms with Crippen LogP contribution in [0.4, 0.5) is 5.69 Å². The molecule has 0 spiro atoms. The molecule has 0 radical (unpaired) electrons. The minimum Gasteiger partial charge on any atom is -0.395 e. The first-order valence-corrected chi connectivity index (χ1v) is 6.10. The van der Waals surface area contributed by atoms with Crippen molar-refractivity contribution in [3.05, 3.63) is 11.4 Å². The summed E-state index contributed by atoms with van der Waals surface area (Å²) in [5.74, 6) is 2.35. The van der Waals surface area contributed by atoms with E-state index in [1.54, 1.807) is 11.9 Å². The number of aryl methyl sites for hydroxylation is 2. The van der Waals surface area contributed by atoms with Crippen molar-refractivity contribution in [2.75, 3.05) is 18.8 Å². The van der Waals surface area contributed by atoms with Crippen LogP contribution in [0.1, 0.15) is 36.5 Å². The Balaban J connectivity index is 3.09. The second kappa shape index (κ2) is 6.10. The van der Waals surface area contributed by atoms with Crippen LogP contribution in [0.5, 0.6) is 0 Å². The Kier molecular flexibility index (Phi) is 4.78. The summed E-state index contributed by atoms with van der Waals surface area (Å²) in [6.45, 7) is 4.87. The van der Waals surface area contributed by atoms with Gasteiger partial charge in [0, 0.05) is 13.6 Å². The fraction of sp³-hybridized carbons (Fsp3) is 0.538. The summed E-state index contributed by atoms with van der Waals surface area (Å²) in [7, 11) is 1.72. The molecular formula is C13H20N4O. The molecule has 2 N–H and O–H groups in total. The molecule has 18 heavy (non-hydrogen) atoms. The highest BCUT2D eigenvalue weighted by atomic mass is 16.2. The number of hydrogen-bond acceptors (Lipinski definition) is 3. The predicted molar refractivity (Wildman–Crippen MR) is 72.0 cm³/mol. The van der Waals surface area contributed by atoms with E-state index in [0.717, 1.165) is 12.1 Å². The summed E-state index contributed by atoms with van der Waals surface area (Å²) >= 11 is 0. The van der Waals surface area contributed by atoms with E-state index in [9.17, 15) is 4.79 Å². The quantitative estimate of drug-likeness (QED) is 0.792. The highest BCUT2D eigenvalue weighted by Crippen LogP contribution is 2.18. The van der Waals surface area contributed by atoms with Gasteiger partial charge < -0.3 is 10.6 Å². The average Bonchev–Trinajstić information content (AvgIpc) is 2.63. The maximum absolute atomic E-state index is 12.4. The van der Waals surface area contributed by atoms with Crippen LogP contribution >= 0.6 is 0 Å². The van der Waals surface area contributed by atoms with Gasteiger partial charge in [-0.05, 0) is 12.8 Å². The smallest absolute Gasteiger partial charge is 0.275 e. The molecular weight excluding hydrogens is 228 g/mol. The third-order valence-electron chi connectivity index (χ3n) is 2.76. The van der Waals surface area contributed by atoms with Crippen LogP contribution in [-0.2, 0) is 13.5 Å². The van der Waals surface area contributed by atoms with Gasteiger partial charge in [-0.15, -0.1) is 6.42 Å². The van der Waals surface area contributed by atoms with Crippen molar-refractivity contribution >= 4 is 11.6 Å². The highest BCUT2D eigenvalue weighted by Gasteiger charge is 2.23. The molecule has 0 saturated heterocycles. The molecule has 0 aliphatic heterocycles. The van der Waals surface area contributed by atoms with Gasteiger partial charge >= 0.3 is 0 Å². The number of carbonyl (C=O) groups excluding carboxylic acids is 1. The van der Waals surface area contributed by atoms with Crippen LogP contribution in [0, 0.1) is 12.3 Å². The van der Waals surface area contributed by atoms with Crippen molar-refractivity contribution in [2.24, 2.45) is 7.05 Å². The predicted octanol–water partition coefficient (Wildman–Crippen LogP) is 1.05. The van der Waals surface area contributed by atoms with Gasteiger partial charge in [0.1, 0.15) is 5.69 Å². The van der Waals surface area contributed by atoms with Gasteiger partial charge in [0.15, 0.2) is 0 Å². The summed E-state index contributed by atoms with van der Waals surface area (Å²) in [6.07, 6.45) is 6.84. The molecule has 1 heterocycles. The molecule has 5 nitrogen and oxygen atoms in total. The molecule has 5 heteroatoms. The third-order valence-corrected chi connectivity index (χ3v) is 2.76. The Bertz CT molecular complexity index is 470.